The molecule has 1 amide bonds. The minimum Gasteiger partial charge on any atom is -0.422 e. The maximum absolute atomic E-state index is 12.5. The fraction of sp³-hybridized carbons (Fsp3) is 0.158. The molecule has 3 rings (SSSR count). The summed E-state index contributed by atoms with van der Waals surface area (Å²) in [5.74, 6) is -0.499. The van der Waals surface area contributed by atoms with Gasteiger partial charge in [0, 0.05) is 16.1 Å². The molecule has 2 aromatic carbocycles. The first kappa shape index (κ1) is 16.3. The van der Waals surface area contributed by atoms with Gasteiger partial charge in [-0.2, -0.15) is 0 Å². The van der Waals surface area contributed by atoms with Gasteiger partial charge in [0.1, 0.15) is 11.1 Å². The van der Waals surface area contributed by atoms with E-state index in [4.69, 9.17) is 16.0 Å². The number of rotatable bonds is 2. The molecule has 1 heterocycles. The molecule has 0 atom stereocenters. The van der Waals surface area contributed by atoms with Crippen LogP contribution in [0.25, 0.3) is 11.0 Å². The van der Waals surface area contributed by atoms with Crippen molar-refractivity contribution in [1.29, 1.82) is 0 Å². The largest absolute Gasteiger partial charge is 0.422 e. The average Bonchev–Trinajstić information content (AvgIpc) is 2.50. The summed E-state index contributed by atoms with van der Waals surface area (Å²) in [6, 6.07) is 10.3. The predicted octanol–water partition coefficient (Wildman–Crippen LogP) is 4.62. The monoisotopic (exact) mass is 341 g/mol. The van der Waals surface area contributed by atoms with Crippen molar-refractivity contribution in [2.45, 2.75) is 20.8 Å². The molecular weight excluding hydrogens is 326 g/mol. The maximum atomic E-state index is 12.5. The van der Waals surface area contributed by atoms with Crippen molar-refractivity contribution < 1.29 is 9.21 Å². The van der Waals surface area contributed by atoms with Crippen LogP contribution in [0.2, 0.25) is 5.02 Å². The molecule has 122 valence electrons. The molecule has 0 bridgehead atoms. The molecular formula is C19H16ClNO3. The number of amides is 1. The highest BCUT2D eigenvalue weighted by Gasteiger charge is 2.16. The minimum absolute atomic E-state index is 0.0517. The van der Waals surface area contributed by atoms with Crippen LogP contribution < -0.4 is 10.9 Å². The normalized spacial score (nSPS) is 10.8. The number of fused-ring (bicyclic) bond motifs is 1. The molecule has 0 radical (unpaired) electrons. The highest BCUT2D eigenvalue weighted by Crippen LogP contribution is 2.23. The van der Waals surface area contributed by atoms with E-state index >= 15 is 0 Å². The van der Waals surface area contributed by atoms with E-state index in [-0.39, 0.29) is 5.56 Å². The van der Waals surface area contributed by atoms with E-state index in [1.54, 1.807) is 18.2 Å². The predicted molar refractivity (Wildman–Crippen MR) is 96.1 cm³/mol. The highest BCUT2D eigenvalue weighted by atomic mass is 35.5. The molecule has 1 aromatic heterocycles. The molecule has 4 nitrogen and oxygen atoms in total. The van der Waals surface area contributed by atoms with Crippen molar-refractivity contribution in [2.24, 2.45) is 0 Å². The smallest absolute Gasteiger partial charge is 0.349 e. The van der Waals surface area contributed by atoms with Gasteiger partial charge in [-0.1, -0.05) is 29.3 Å². The Bertz CT molecular complexity index is 998. The minimum atomic E-state index is -0.676. The Morgan fingerprint density at radius 2 is 1.71 bits per heavy atom. The van der Waals surface area contributed by atoms with Gasteiger partial charge >= 0.3 is 5.63 Å². The van der Waals surface area contributed by atoms with Crippen LogP contribution in [0.15, 0.2) is 45.6 Å². The lowest BCUT2D eigenvalue weighted by Gasteiger charge is -2.12. The number of anilines is 1. The number of benzene rings is 2. The van der Waals surface area contributed by atoms with E-state index in [0.717, 1.165) is 16.7 Å². The summed E-state index contributed by atoms with van der Waals surface area (Å²) in [6.07, 6.45) is 0. The standard InChI is InChI=1S/C19H16ClNO3/c1-10-6-11(2)17(12(3)7-10)21-18(22)15-9-13-8-14(20)4-5-16(13)24-19(15)23/h4-9H,1-3H3,(H,21,22). The van der Waals surface area contributed by atoms with Crippen LogP contribution in [0, 0.1) is 20.8 Å². The number of halogens is 1. The Labute approximate surface area is 144 Å². The molecule has 0 spiro atoms. The second-order valence-corrected chi connectivity index (χ2v) is 6.29. The third-order valence-corrected chi connectivity index (χ3v) is 4.09. The van der Waals surface area contributed by atoms with Gasteiger partial charge in [-0.05, 0) is 56.2 Å². The summed E-state index contributed by atoms with van der Waals surface area (Å²) in [6.45, 7) is 5.82. The first-order valence-corrected chi connectivity index (χ1v) is 7.85. The molecule has 0 saturated heterocycles. The molecule has 0 aliphatic heterocycles. The van der Waals surface area contributed by atoms with Gasteiger partial charge in [0.2, 0.25) is 0 Å². The van der Waals surface area contributed by atoms with E-state index in [0.29, 0.717) is 21.7 Å². The molecule has 0 aliphatic rings. The molecule has 0 fully saturated rings. The van der Waals surface area contributed by atoms with Gasteiger partial charge in [-0.15, -0.1) is 0 Å². The molecule has 0 saturated carbocycles. The summed E-state index contributed by atoms with van der Waals surface area (Å²) >= 11 is 5.96. The zero-order valence-electron chi connectivity index (χ0n) is 13.6. The first-order chi connectivity index (χ1) is 11.3. The summed E-state index contributed by atoms with van der Waals surface area (Å²) in [5, 5.41) is 3.92. The van der Waals surface area contributed by atoms with Gasteiger partial charge in [-0.25, -0.2) is 4.79 Å². The van der Waals surface area contributed by atoms with Crippen LogP contribution in [0.5, 0.6) is 0 Å². The van der Waals surface area contributed by atoms with Gasteiger partial charge in [-0.3, -0.25) is 4.79 Å². The van der Waals surface area contributed by atoms with Crippen LogP contribution >= 0.6 is 11.6 Å². The van der Waals surface area contributed by atoms with Gasteiger partial charge in [0.05, 0.1) is 0 Å². The number of carbonyl (C=O) groups is 1. The Morgan fingerprint density at radius 3 is 2.38 bits per heavy atom. The third-order valence-electron chi connectivity index (χ3n) is 3.85. The zero-order chi connectivity index (χ0) is 17.4. The Hall–Kier alpha value is -2.59. The van der Waals surface area contributed by atoms with Crippen LogP contribution in [0.4, 0.5) is 5.69 Å². The van der Waals surface area contributed by atoms with Crippen LogP contribution in [0.1, 0.15) is 27.0 Å². The molecule has 24 heavy (non-hydrogen) atoms. The van der Waals surface area contributed by atoms with E-state index in [1.807, 2.05) is 32.9 Å². The molecule has 0 aliphatic carbocycles. The van der Waals surface area contributed by atoms with Gasteiger partial charge in [0.15, 0.2) is 0 Å². The highest BCUT2D eigenvalue weighted by molar-refractivity contribution is 6.31. The quantitative estimate of drug-likeness (QED) is 0.692. The number of hydrogen-bond donors (Lipinski definition) is 1. The van der Waals surface area contributed by atoms with E-state index in [1.165, 1.54) is 6.07 Å². The van der Waals surface area contributed by atoms with E-state index in [9.17, 15) is 9.59 Å². The second-order valence-electron chi connectivity index (χ2n) is 5.86. The second kappa shape index (κ2) is 6.13. The average molecular weight is 342 g/mol. The lowest BCUT2D eigenvalue weighted by molar-refractivity contribution is 0.102. The first-order valence-electron chi connectivity index (χ1n) is 7.48. The Morgan fingerprint density at radius 1 is 1.04 bits per heavy atom. The number of nitrogens with one attached hydrogen (secondary N) is 1. The molecule has 0 unspecified atom stereocenters. The van der Waals surface area contributed by atoms with Gasteiger partial charge in [0.25, 0.3) is 5.91 Å². The Balaban J connectivity index is 2.03. The summed E-state index contributed by atoms with van der Waals surface area (Å²) < 4.78 is 5.21. The topological polar surface area (TPSA) is 59.3 Å². The molecule has 1 N–H and O–H groups in total. The summed E-state index contributed by atoms with van der Waals surface area (Å²) in [5.41, 5.74) is 3.36. The molecule has 3 aromatic rings. The van der Waals surface area contributed by atoms with Crippen LogP contribution in [0.3, 0.4) is 0 Å². The zero-order valence-corrected chi connectivity index (χ0v) is 14.3. The van der Waals surface area contributed by atoms with E-state index in [2.05, 4.69) is 5.32 Å². The van der Waals surface area contributed by atoms with Crippen molar-refractivity contribution in [1.82, 2.24) is 0 Å². The van der Waals surface area contributed by atoms with Crippen molar-refractivity contribution in [3.63, 3.8) is 0 Å². The number of aryl methyl sites for hydroxylation is 3. The van der Waals surface area contributed by atoms with Crippen molar-refractivity contribution >= 4 is 34.2 Å². The fourth-order valence-electron chi connectivity index (χ4n) is 2.81. The lowest BCUT2D eigenvalue weighted by atomic mass is 10.0. The third kappa shape index (κ3) is 3.05. The number of hydrogen-bond acceptors (Lipinski definition) is 3. The van der Waals surface area contributed by atoms with E-state index < -0.39 is 11.5 Å². The van der Waals surface area contributed by atoms with Crippen LogP contribution in [-0.4, -0.2) is 5.91 Å². The van der Waals surface area contributed by atoms with Crippen LogP contribution in [-0.2, 0) is 0 Å². The lowest BCUT2D eigenvalue weighted by Crippen LogP contribution is -2.21. The molecule has 5 heteroatoms. The summed E-state index contributed by atoms with van der Waals surface area (Å²) in [7, 11) is 0. The number of carbonyl (C=O) groups excluding carboxylic acids is 1. The van der Waals surface area contributed by atoms with Crippen molar-refractivity contribution in [3.8, 4) is 0 Å². The Kier molecular flexibility index (Phi) is 4.16. The van der Waals surface area contributed by atoms with Gasteiger partial charge < -0.3 is 9.73 Å². The summed E-state index contributed by atoms with van der Waals surface area (Å²) in [4.78, 5) is 24.7. The van der Waals surface area contributed by atoms with Crippen molar-refractivity contribution in [2.75, 3.05) is 5.32 Å². The van der Waals surface area contributed by atoms with Crippen molar-refractivity contribution in [3.05, 3.63) is 74.1 Å². The fourth-order valence-corrected chi connectivity index (χ4v) is 2.99. The maximum Gasteiger partial charge on any atom is 0.349 e. The SMILES string of the molecule is Cc1cc(C)c(NC(=O)c2cc3cc(Cl)ccc3oc2=O)c(C)c1.